The molecule has 3 aromatic rings. The van der Waals surface area contributed by atoms with Crippen molar-refractivity contribution < 1.29 is 18.7 Å². The predicted octanol–water partition coefficient (Wildman–Crippen LogP) is 2.16. The summed E-state index contributed by atoms with van der Waals surface area (Å²) < 4.78 is 16.8. The average molecular weight is 355 g/mol. The Bertz CT molecular complexity index is 941. The summed E-state index contributed by atoms with van der Waals surface area (Å²) in [5.41, 5.74) is 0.442. The summed E-state index contributed by atoms with van der Waals surface area (Å²) in [6.45, 7) is -0.269. The highest BCUT2D eigenvalue weighted by Crippen LogP contribution is 2.34. The van der Waals surface area contributed by atoms with E-state index >= 15 is 0 Å². The fourth-order valence-electron chi connectivity index (χ4n) is 2.41. The van der Waals surface area contributed by atoms with Gasteiger partial charge in [-0.1, -0.05) is 6.07 Å². The van der Waals surface area contributed by atoms with E-state index in [0.29, 0.717) is 28.6 Å². The van der Waals surface area contributed by atoms with Gasteiger partial charge >= 0.3 is 0 Å². The predicted molar refractivity (Wildman–Crippen MR) is 94.4 cm³/mol. The van der Waals surface area contributed by atoms with E-state index in [1.54, 1.807) is 36.4 Å². The second-order valence-electron chi connectivity index (χ2n) is 5.28. The van der Waals surface area contributed by atoms with Crippen LogP contribution in [-0.2, 0) is 11.3 Å². The second-order valence-corrected chi connectivity index (χ2v) is 5.28. The molecule has 0 radical (unpaired) electrons. The van der Waals surface area contributed by atoms with Crippen LogP contribution in [0.1, 0.15) is 0 Å². The quantitative estimate of drug-likeness (QED) is 0.728. The first-order valence-corrected chi connectivity index (χ1v) is 7.75. The molecule has 1 N–H and O–H groups in total. The number of carbonyl (C=O) groups excluding carboxylic acids is 1. The van der Waals surface area contributed by atoms with E-state index in [1.807, 2.05) is 0 Å². The van der Waals surface area contributed by atoms with Crippen LogP contribution in [0.15, 0.2) is 57.9 Å². The summed E-state index contributed by atoms with van der Waals surface area (Å²) >= 11 is 0. The zero-order chi connectivity index (χ0) is 18.5. The number of nitrogens with one attached hydrogen (secondary N) is 1. The molecule has 3 rings (SSSR count). The molecule has 2 aromatic heterocycles. The van der Waals surface area contributed by atoms with Crippen LogP contribution in [0.5, 0.6) is 11.5 Å². The van der Waals surface area contributed by atoms with Crippen molar-refractivity contribution in [2.75, 3.05) is 19.5 Å². The maximum absolute atomic E-state index is 12.4. The molecule has 26 heavy (non-hydrogen) atoms. The number of benzene rings is 1. The lowest BCUT2D eigenvalue weighted by Gasteiger charge is -2.14. The van der Waals surface area contributed by atoms with Gasteiger partial charge in [-0.05, 0) is 30.3 Å². The van der Waals surface area contributed by atoms with Crippen LogP contribution in [0.25, 0.3) is 11.5 Å². The van der Waals surface area contributed by atoms with Gasteiger partial charge in [0.1, 0.15) is 29.4 Å². The molecule has 1 amide bonds. The number of aromatic nitrogens is 2. The van der Waals surface area contributed by atoms with Crippen molar-refractivity contribution in [3.05, 3.63) is 59.1 Å². The van der Waals surface area contributed by atoms with Gasteiger partial charge in [0, 0.05) is 6.07 Å². The van der Waals surface area contributed by atoms with Crippen LogP contribution in [0, 0.1) is 0 Å². The van der Waals surface area contributed by atoms with Crippen LogP contribution < -0.4 is 20.3 Å². The van der Waals surface area contributed by atoms with E-state index in [2.05, 4.69) is 10.4 Å². The molecular formula is C18H17N3O5. The number of amides is 1. The highest BCUT2D eigenvalue weighted by molar-refractivity contribution is 5.94. The Balaban J connectivity index is 1.83. The number of rotatable bonds is 6. The maximum Gasteiger partial charge on any atom is 0.267 e. The molecule has 0 saturated heterocycles. The van der Waals surface area contributed by atoms with Gasteiger partial charge < -0.3 is 19.2 Å². The van der Waals surface area contributed by atoms with Crippen molar-refractivity contribution in [3.63, 3.8) is 0 Å². The van der Waals surface area contributed by atoms with Gasteiger partial charge in [-0.15, -0.1) is 0 Å². The molecule has 0 unspecified atom stereocenters. The SMILES string of the molecule is COc1cccc(OC)c1NC(=O)Cn1nc(-c2ccco2)ccc1=O. The Labute approximate surface area is 149 Å². The molecule has 8 nitrogen and oxygen atoms in total. The average Bonchev–Trinajstić information content (AvgIpc) is 3.18. The normalized spacial score (nSPS) is 10.4. The number of para-hydroxylation sites is 1. The van der Waals surface area contributed by atoms with E-state index in [4.69, 9.17) is 13.9 Å². The number of nitrogens with zero attached hydrogens (tertiary/aromatic N) is 2. The smallest absolute Gasteiger partial charge is 0.267 e. The number of carbonyl (C=O) groups is 1. The van der Waals surface area contributed by atoms with E-state index in [1.165, 1.54) is 26.5 Å². The van der Waals surface area contributed by atoms with Crippen molar-refractivity contribution in [2.24, 2.45) is 0 Å². The van der Waals surface area contributed by atoms with E-state index in [-0.39, 0.29) is 6.54 Å². The van der Waals surface area contributed by atoms with Crippen LogP contribution in [0.4, 0.5) is 5.69 Å². The summed E-state index contributed by atoms with van der Waals surface area (Å²) in [6.07, 6.45) is 1.51. The molecule has 0 aliphatic heterocycles. The van der Waals surface area contributed by atoms with Crippen molar-refractivity contribution in [1.82, 2.24) is 9.78 Å². The molecule has 134 valence electrons. The summed E-state index contributed by atoms with van der Waals surface area (Å²) in [4.78, 5) is 24.4. The van der Waals surface area contributed by atoms with Crippen LogP contribution in [-0.4, -0.2) is 29.9 Å². The van der Waals surface area contributed by atoms with Crippen LogP contribution in [0.2, 0.25) is 0 Å². The standard InChI is InChI=1S/C18H17N3O5/c1-24-14-5-3-6-15(25-2)18(14)19-16(22)11-21-17(23)9-8-12(20-21)13-7-4-10-26-13/h3-10H,11H2,1-2H3,(H,19,22). The van der Waals surface area contributed by atoms with Gasteiger partial charge in [-0.25, -0.2) is 4.68 Å². The zero-order valence-corrected chi connectivity index (χ0v) is 14.3. The van der Waals surface area contributed by atoms with Gasteiger partial charge in [0.15, 0.2) is 5.76 Å². The van der Waals surface area contributed by atoms with Gasteiger partial charge in [0.05, 0.1) is 20.5 Å². The van der Waals surface area contributed by atoms with Gasteiger partial charge in [-0.2, -0.15) is 5.10 Å². The first-order valence-electron chi connectivity index (χ1n) is 7.75. The third-order valence-electron chi connectivity index (χ3n) is 3.63. The van der Waals surface area contributed by atoms with Gasteiger partial charge in [-0.3, -0.25) is 9.59 Å². The minimum atomic E-state index is -0.445. The fourth-order valence-corrected chi connectivity index (χ4v) is 2.41. The minimum absolute atomic E-state index is 0.269. The van der Waals surface area contributed by atoms with Crippen molar-refractivity contribution >= 4 is 11.6 Å². The van der Waals surface area contributed by atoms with Crippen LogP contribution >= 0.6 is 0 Å². The summed E-state index contributed by atoms with van der Waals surface area (Å²) in [5, 5.41) is 6.87. The highest BCUT2D eigenvalue weighted by Gasteiger charge is 2.15. The third kappa shape index (κ3) is 3.59. The summed E-state index contributed by atoms with van der Waals surface area (Å²) in [6, 6.07) is 11.4. The minimum Gasteiger partial charge on any atom is -0.494 e. The number of anilines is 1. The molecule has 0 fully saturated rings. The largest absolute Gasteiger partial charge is 0.494 e. The van der Waals surface area contributed by atoms with E-state index in [9.17, 15) is 9.59 Å². The van der Waals surface area contributed by atoms with Crippen molar-refractivity contribution in [2.45, 2.75) is 6.54 Å². The van der Waals surface area contributed by atoms with E-state index < -0.39 is 11.5 Å². The molecule has 1 aromatic carbocycles. The lowest BCUT2D eigenvalue weighted by Crippen LogP contribution is -2.29. The number of methoxy groups -OCH3 is 2. The lowest BCUT2D eigenvalue weighted by atomic mass is 10.2. The first-order chi connectivity index (χ1) is 12.6. The van der Waals surface area contributed by atoms with Crippen molar-refractivity contribution in [1.29, 1.82) is 0 Å². The van der Waals surface area contributed by atoms with Gasteiger partial charge in [0.2, 0.25) is 5.91 Å². The molecule has 0 aliphatic rings. The number of hydrogen-bond acceptors (Lipinski definition) is 6. The molecular weight excluding hydrogens is 338 g/mol. The van der Waals surface area contributed by atoms with Crippen LogP contribution in [0.3, 0.4) is 0 Å². The second kappa shape index (κ2) is 7.56. The van der Waals surface area contributed by atoms with Gasteiger partial charge in [0.25, 0.3) is 5.56 Å². The topological polar surface area (TPSA) is 95.6 Å². The fraction of sp³-hybridized carbons (Fsp3) is 0.167. The maximum atomic E-state index is 12.4. The molecule has 0 atom stereocenters. The zero-order valence-electron chi connectivity index (χ0n) is 14.3. The number of hydrogen-bond donors (Lipinski definition) is 1. The monoisotopic (exact) mass is 355 g/mol. The highest BCUT2D eigenvalue weighted by atomic mass is 16.5. The van der Waals surface area contributed by atoms with Crippen molar-refractivity contribution in [3.8, 4) is 23.0 Å². The Hall–Kier alpha value is -3.55. The Kier molecular flexibility index (Phi) is 5.02. The molecule has 0 saturated carbocycles. The summed E-state index contributed by atoms with van der Waals surface area (Å²) in [5.74, 6) is 0.953. The molecule has 0 aliphatic carbocycles. The third-order valence-corrected chi connectivity index (χ3v) is 3.63. The Morgan fingerprint density at radius 3 is 2.46 bits per heavy atom. The molecule has 2 heterocycles. The number of ether oxygens (including phenoxy) is 2. The molecule has 0 spiro atoms. The van der Waals surface area contributed by atoms with E-state index in [0.717, 1.165) is 4.68 Å². The lowest BCUT2D eigenvalue weighted by molar-refractivity contribution is -0.117. The number of furan rings is 1. The molecule has 8 heteroatoms. The first kappa shape index (κ1) is 17.3. The Morgan fingerprint density at radius 1 is 1.12 bits per heavy atom. The molecule has 0 bridgehead atoms. The summed E-state index contributed by atoms with van der Waals surface area (Å²) in [7, 11) is 2.98. The Morgan fingerprint density at radius 2 is 1.85 bits per heavy atom.